The number of anilines is 1. The molecule has 25 heavy (non-hydrogen) atoms. The van der Waals surface area contributed by atoms with Crippen LogP contribution < -0.4 is 4.72 Å². The van der Waals surface area contributed by atoms with E-state index in [1.54, 1.807) is 42.5 Å². The van der Waals surface area contributed by atoms with Crippen LogP contribution in [0.4, 0.5) is 5.69 Å². The molecule has 0 aliphatic carbocycles. The molecule has 1 amide bonds. The van der Waals surface area contributed by atoms with Crippen LogP contribution in [0.1, 0.15) is 30.1 Å². The summed E-state index contributed by atoms with van der Waals surface area (Å²) in [7, 11) is -3.73. The van der Waals surface area contributed by atoms with Gasteiger partial charge in [0.1, 0.15) is 0 Å². The fourth-order valence-corrected chi connectivity index (χ4v) is 4.21. The van der Waals surface area contributed by atoms with Gasteiger partial charge in [-0.1, -0.05) is 37.3 Å². The second-order valence-electron chi connectivity index (χ2n) is 6.46. The summed E-state index contributed by atoms with van der Waals surface area (Å²) in [4.78, 5) is 14.9. The lowest BCUT2D eigenvalue weighted by Gasteiger charge is -2.31. The van der Waals surface area contributed by atoms with E-state index in [4.69, 9.17) is 0 Å². The maximum Gasteiger partial charge on any atom is 0.261 e. The van der Waals surface area contributed by atoms with Gasteiger partial charge >= 0.3 is 0 Å². The van der Waals surface area contributed by atoms with Gasteiger partial charge in [-0.25, -0.2) is 8.42 Å². The minimum atomic E-state index is -3.73. The smallest absolute Gasteiger partial charge is 0.261 e. The van der Waals surface area contributed by atoms with E-state index >= 15 is 0 Å². The number of nitrogens with zero attached hydrogens (tertiary/aromatic N) is 1. The minimum absolute atomic E-state index is 0.127. The van der Waals surface area contributed by atoms with E-state index in [9.17, 15) is 13.2 Å². The molecule has 1 fully saturated rings. The van der Waals surface area contributed by atoms with E-state index in [1.807, 2.05) is 4.90 Å². The number of amides is 1. The second kappa shape index (κ2) is 7.27. The zero-order chi connectivity index (χ0) is 17.9. The van der Waals surface area contributed by atoms with Crippen LogP contribution in [0, 0.1) is 5.92 Å². The predicted octanol–water partition coefficient (Wildman–Crippen LogP) is 3.36. The Labute approximate surface area is 148 Å². The van der Waals surface area contributed by atoms with Crippen molar-refractivity contribution in [2.75, 3.05) is 17.8 Å². The Morgan fingerprint density at radius 3 is 2.48 bits per heavy atom. The standard InChI is InChI=1S/C19H22N2O3S/c1-15-8-7-13-21(14-15)19(22)17-11-5-6-12-18(17)20-25(23,24)16-9-3-2-4-10-16/h2-6,9-12,15,20H,7-8,13-14H2,1H3. The normalized spacial score (nSPS) is 18.0. The van der Waals surface area contributed by atoms with Crippen LogP contribution in [0.5, 0.6) is 0 Å². The van der Waals surface area contributed by atoms with Crippen LogP contribution >= 0.6 is 0 Å². The molecule has 1 unspecified atom stereocenters. The average molecular weight is 358 g/mol. The topological polar surface area (TPSA) is 66.5 Å². The number of sulfonamides is 1. The Morgan fingerprint density at radius 1 is 1.08 bits per heavy atom. The number of carbonyl (C=O) groups excluding carboxylic acids is 1. The fraction of sp³-hybridized carbons (Fsp3) is 0.316. The summed E-state index contributed by atoms with van der Waals surface area (Å²) >= 11 is 0. The monoisotopic (exact) mass is 358 g/mol. The number of rotatable bonds is 4. The molecule has 1 aliphatic heterocycles. The molecule has 1 heterocycles. The Hall–Kier alpha value is -2.34. The van der Waals surface area contributed by atoms with Crippen molar-refractivity contribution < 1.29 is 13.2 Å². The number of nitrogens with one attached hydrogen (secondary N) is 1. The number of likely N-dealkylation sites (tertiary alicyclic amines) is 1. The predicted molar refractivity (Wildman–Crippen MR) is 98.0 cm³/mol. The molecule has 3 rings (SSSR count). The first-order chi connectivity index (χ1) is 12.0. The Morgan fingerprint density at radius 2 is 1.76 bits per heavy atom. The fourth-order valence-electron chi connectivity index (χ4n) is 3.11. The third kappa shape index (κ3) is 4.02. The van der Waals surface area contributed by atoms with Gasteiger partial charge in [0.05, 0.1) is 16.1 Å². The highest BCUT2D eigenvalue weighted by Gasteiger charge is 2.25. The molecule has 1 saturated heterocycles. The molecule has 0 aromatic heterocycles. The molecule has 6 heteroatoms. The summed E-state index contributed by atoms with van der Waals surface area (Å²) < 4.78 is 27.7. The zero-order valence-electron chi connectivity index (χ0n) is 14.2. The van der Waals surface area contributed by atoms with Gasteiger partial charge in [-0.15, -0.1) is 0 Å². The van der Waals surface area contributed by atoms with Gasteiger partial charge in [0.25, 0.3) is 15.9 Å². The highest BCUT2D eigenvalue weighted by molar-refractivity contribution is 7.92. The Balaban J connectivity index is 1.87. The molecule has 132 valence electrons. The van der Waals surface area contributed by atoms with Crippen LogP contribution in [0.2, 0.25) is 0 Å². The summed E-state index contributed by atoms with van der Waals surface area (Å²) in [6.07, 6.45) is 2.09. The van der Waals surface area contributed by atoms with E-state index in [0.717, 1.165) is 12.8 Å². The average Bonchev–Trinajstić information content (AvgIpc) is 2.62. The number of benzene rings is 2. The van der Waals surface area contributed by atoms with E-state index < -0.39 is 10.0 Å². The van der Waals surface area contributed by atoms with Crippen molar-refractivity contribution in [1.29, 1.82) is 0 Å². The van der Waals surface area contributed by atoms with E-state index in [-0.39, 0.29) is 10.8 Å². The van der Waals surface area contributed by atoms with Crippen LogP contribution in [-0.4, -0.2) is 32.3 Å². The van der Waals surface area contributed by atoms with Crippen molar-refractivity contribution in [2.24, 2.45) is 5.92 Å². The number of carbonyl (C=O) groups is 1. The summed E-state index contributed by atoms with van der Waals surface area (Å²) in [6, 6.07) is 14.9. The molecular weight excluding hydrogens is 336 g/mol. The number of hydrogen-bond acceptors (Lipinski definition) is 3. The Kier molecular flexibility index (Phi) is 5.08. The highest BCUT2D eigenvalue weighted by atomic mass is 32.2. The van der Waals surface area contributed by atoms with E-state index in [1.165, 1.54) is 12.1 Å². The van der Waals surface area contributed by atoms with Crippen molar-refractivity contribution in [3.63, 3.8) is 0 Å². The van der Waals surface area contributed by atoms with E-state index in [2.05, 4.69) is 11.6 Å². The summed E-state index contributed by atoms with van der Waals surface area (Å²) in [6.45, 7) is 3.55. The first kappa shape index (κ1) is 17.5. The molecule has 0 bridgehead atoms. The maximum absolute atomic E-state index is 12.9. The molecule has 5 nitrogen and oxygen atoms in total. The lowest BCUT2D eigenvalue weighted by Crippen LogP contribution is -2.39. The largest absolute Gasteiger partial charge is 0.338 e. The van der Waals surface area contributed by atoms with Gasteiger partial charge < -0.3 is 4.90 Å². The quantitative estimate of drug-likeness (QED) is 0.911. The summed E-state index contributed by atoms with van der Waals surface area (Å²) in [5.41, 5.74) is 0.700. The molecule has 2 aromatic rings. The van der Waals surface area contributed by atoms with E-state index in [0.29, 0.717) is 30.3 Å². The minimum Gasteiger partial charge on any atom is -0.338 e. The zero-order valence-corrected chi connectivity index (χ0v) is 15.0. The van der Waals surface area contributed by atoms with Crippen molar-refractivity contribution in [2.45, 2.75) is 24.7 Å². The number of piperidine rings is 1. The third-order valence-electron chi connectivity index (χ3n) is 4.40. The first-order valence-corrected chi connectivity index (χ1v) is 9.92. The Bertz CT molecular complexity index is 850. The molecule has 1 aliphatic rings. The molecule has 0 spiro atoms. The van der Waals surface area contributed by atoms with Gasteiger partial charge in [0, 0.05) is 13.1 Å². The van der Waals surface area contributed by atoms with Crippen molar-refractivity contribution in [1.82, 2.24) is 4.90 Å². The van der Waals surface area contributed by atoms with Crippen LogP contribution in [0.15, 0.2) is 59.5 Å². The lowest BCUT2D eigenvalue weighted by atomic mass is 9.99. The highest BCUT2D eigenvalue weighted by Crippen LogP contribution is 2.24. The maximum atomic E-state index is 12.9. The van der Waals surface area contributed by atoms with Crippen molar-refractivity contribution in [3.8, 4) is 0 Å². The van der Waals surface area contributed by atoms with Crippen LogP contribution in [-0.2, 0) is 10.0 Å². The lowest BCUT2D eigenvalue weighted by molar-refractivity contribution is 0.0684. The van der Waals surface area contributed by atoms with Gasteiger partial charge in [0.15, 0.2) is 0 Å². The molecular formula is C19H22N2O3S. The molecule has 1 atom stereocenters. The summed E-state index contributed by atoms with van der Waals surface area (Å²) in [5.74, 6) is 0.337. The molecule has 0 radical (unpaired) electrons. The molecule has 1 N–H and O–H groups in total. The third-order valence-corrected chi connectivity index (χ3v) is 5.78. The molecule has 0 saturated carbocycles. The van der Waals surface area contributed by atoms with Crippen molar-refractivity contribution in [3.05, 3.63) is 60.2 Å². The number of hydrogen-bond donors (Lipinski definition) is 1. The molecule has 2 aromatic carbocycles. The van der Waals surface area contributed by atoms with Gasteiger partial charge in [0.2, 0.25) is 0 Å². The number of para-hydroxylation sites is 1. The van der Waals surface area contributed by atoms with Gasteiger partial charge in [-0.2, -0.15) is 0 Å². The van der Waals surface area contributed by atoms with Gasteiger partial charge in [-0.05, 0) is 43.0 Å². The second-order valence-corrected chi connectivity index (χ2v) is 8.15. The SMILES string of the molecule is CC1CCCN(C(=O)c2ccccc2NS(=O)(=O)c2ccccc2)C1. The summed E-state index contributed by atoms with van der Waals surface area (Å²) in [5, 5.41) is 0. The first-order valence-electron chi connectivity index (χ1n) is 8.43. The van der Waals surface area contributed by atoms with Gasteiger partial charge in [-0.3, -0.25) is 9.52 Å². The van der Waals surface area contributed by atoms with Crippen LogP contribution in [0.3, 0.4) is 0 Å². The van der Waals surface area contributed by atoms with Crippen LogP contribution in [0.25, 0.3) is 0 Å². The van der Waals surface area contributed by atoms with Crippen molar-refractivity contribution >= 4 is 21.6 Å².